The van der Waals surface area contributed by atoms with Gasteiger partial charge in [-0.3, -0.25) is 4.90 Å². The van der Waals surface area contributed by atoms with E-state index in [1.165, 1.54) is 44.3 Å². The molecule has 2 nitrogen and oxygen atoms in total. The maximum atomic E-state index is 3.62. The van der Waals surface area contributed by atoms with Crippen LogP contribution in [0.4, 0.5) is 0 Å². The molecule has 0 aromatic heterocycles. The van der Waals surface area contributed by atoms with Gasteiger partial charge in [-0.2, -0.15) is 0 Å². The topological polar surface area (TPSA) is 15.3 Å². The van der Waals surface area contributed by atoms with Crippen LogP contribution in [0.1, 0.15) is 51.1 Å². The molecule has 1 saturated heterocycles. The van der Waals surface area contributed by atoms with E-state index < -0.39 is 0 Å². The Bertz CT molecular complexity index is 340. The summed E-state index contributed by atoms with van der Waals surface area (Å²) in [6, 6.07) is 12.1. The fraction of sp³-hybridized carbons (Fsp3) is 0.647. The Morgan fingerprint density at radius 3 is 2.21 bits per heavy atom. The number of nitrogens with zero attached hydrogens (tertiary/aromatic N) is 1. The minimum absolute atomic E-state index is 0.529. The molecule has 1 fully saturated rings. The largest absolute Gasteiger partial charge is 0.313 e. The average molecular weight is 260 g/mol. The molecule has 106 valence electrons. The molecule has 1 atom stereocenters. The summed E-state index contributed by atoms with van der Waals surface area (Å²) < 4.78 is 0. The molecule has 0 amide bonds. The summed E-state index contributed by atoms with van der Waals surface area (Å²) in [5, 5.41) is 3.62. The third kappa shape index (κ3) is 4.63. The monoisotopic (exact) mass is 260 g/mol. The summed E-state index contributed by atoms with van der Waals surface area (Å²) in [6.45, 7) is 8.01. The standard InChI is InChI=1S/C17H28N2/c1-15(2)18-14-17(16-10-6-5-7-11-16)19-12-8-3-4-9-13-19/h5-7,10-11,15,17-18H,3-4,8-9,12-14H2,1-2H3. The molecule has 1 aliphatic rings. The summed E-state index contributed by atoms with van der Waals surface area (Å²) in [5.74, 6) is 0. The van der Waals surface area contributed by atoms with Crippen molar-refractivity contribution in [3.05, 3.63) is 35.9 Å². The Balaban J connectivity index is 2.08. The van der Waals surface area contributed by atoms with Gasteiger partial charge < -0.3 is 5.32 Å². The van der Waals surface area contributed by atoms with Gasteiger partial charge in [-0.25, -0.2) is 0 Å². The van der Waals surface area contributed by atoms with E-state index in [9.17, 15) is 0 Å². The predicted octanol–water partition coefficient (Wildman–Crippen LogP) is 3.60. The molecule has 1 aromatic rings. The highest BCUT2D eigenvalue weighted by molar-refractivity contribution is 5.19. The van der Waals surface area contributed by atoms with E-state index in [2.05, 4.69) is 54.4 Å². The normalized spacial score (nSPS) is 19.3. The molecule has 2 rings (SSSR count). The Hall–Kier alpha value is -0.860. The maximum absolute atomic E-state index is 3.62. The second-order valence-corrected chi connectivity index (χ2v) is 5.94. The summed E-state index contributed by atoms with van der Waals surface area (Å²) in [5.41, 5.74) is 1.46. The highest BCUT2D eigenvalue weighted by Gasteiger charge is 2.21. The molecule has 0 spiro atoms. The van der Waals surface area contributed by atoms with Gasteiger partial charge in [0, 0.05) is 18.6 Å². The molecule has 0 saturated carbocycles. The van der Waals surface area contributed by atoms with Crippen LogP contribution >= 0.6 is 0 Å². The highest BCUT2D eigenvalue weighted by atomic mass is 15.2. The second kappa shape index (κ2) is 7.66. The van der Waals surface area contributed by atoms with E-state index in [1.54, 1.807) is 0 Å². The minimum Gasteiger partial charge on any atom is -0.313 e. The third-order valence-corrected chi connectivity index (χ3v) is 3.99. The summed E-state index contributed by atoms with van der Waals surface area (Å²) in [7, 11) is 0. The van der Waals surface area contributed by atoms with Crippen molar-refractivity contribution >= 4 is 0 Å². The van der Waals surface area contributed by atoms with Gasteiger partial charge in [0.05, 0.1) is 0 Å². The molecule has 19 heavy (non-hydrogen) atoms. The molecular formula is C17H28N2. The number of likely N-dealkylation sites (tertiary alicyclic amines) is 1. The fourth-order valence-corrected chi connectivity index (χ4v) is 2.89. The van der Waals surface area contributed by atoms with Crippen molar-refractivity contribution in [1.29, 1.82) is 0 Å². The first-order valence-electron chi connectivity index (χ1n) is 7.80. The summed E-state index contributed by atoms with van der Waals surface area (Å²) in [4.78, 5) is 2.68. The lowest BCUT2D eigenvalue weighted by molar-refractivity contribution is 0.197. The molecule has 0 radical (unpaired) electrons. The van der Waals surface area contributed by atoms with Gasteiger partial charge in [0.2, 0.25) is 0 Å². The van der Waals surface area contributed by atoms with Crippen LogP contribution in [0.5, 0.6) is 0 Å². The van der Waals surface area contributed by atoms with Gasteiger partial charge in [0.1, 0.15) is 0 Å². The highest BCUT2D eigenvalue weighted by Crippen LogP contribution is 2.23. The number of rotatable bonds is 5. The van der Waals surface area contributed by atoms with E-state index in [1.807, 2.05) is 0 Å². The first-order valence-corrected chi connectivity index (χ1v) is 7.80. The zero-order valence-corrected chi connectivity index (χ0v) is 12.4. The molecular weight excluding hydrogens is 232 g/mol. The van der Waals surface area contributed by atoms with E-state index in [0.717, 1.165) is 6.54 Å². The molecule has 1 aliphatic heterocycles. The van der Waals surface area contributed by atoms with Crippen molar-refractivity contribution in [2.24, 2.45) is 0 Å². The van der Waals surface area contributed by atoms with Crippen molar-refractivity contribution in [1.82, 2.24) is 10.2 Å². The lowest BCUT2D eigenvalue weighted by Crippen LogP contribution is -2.38. The molecule has 2 heteroatoms. The second-order valence-electron chi connectivity index (χ2n) is 5.94. The Morgan fingerprint density at radius 1 is 1.00 bits per heavy atom. The lowest BCUT2D eigenvalue weighted by Gasteiger charge is -2.32. The molecule has 0 aliphatic carbocycles. The molecule has 1 N–H and O–H groups in total. The fourth-order valence-electron chi connectivity index (χ4n) is 2.89. The Morgan fingerprint density at radius 2 is 1.63 bits per heavy atom. The van der Waals surface area contributed by atoms with Crippen LogP contribution in [0.25, 0.3) is 0 Å². The average Bonchev–Trinajstić information content (AvgIpc) is 2.69. The van der Waals surface area contributed by atoms with Gasteiger partial charge in [-0.1, -0.05) is 57.0 Å². The summed E-state index contributed by atoms with van der Waals surface area (Å²) in [6.07, 6.45) is 5.50. The van der Waals surface area contributed by atoms with Crippen molar-refractivity contribution in [3.63, 3.8) is 0 Å². The van der Waals surface area contributed by atoms with Gasteiger partial charge in [-0.05, 0) is 31.5 Å². The van der Waals surface area contributed by atoms with Gasteiger partial charge in [-0.15, -0.1) is 0 Å². The first kappa shape index (κ1) is 14.5. The van der Waals surface area contributed by atoms with Gasteiger partial charge in [0.25, 0.3) is 0 Å². The lowest BCUT2D eigenvalue weighted by atomic mass is 10.0. The number of nitrogens with one attached hydrogen (secondary N) is 1. The van der Waals surface area contributed by atoms with Crippen LogP contribution in [0.15, 0.2) is 30.3 Å². The third-order valence-electron chi connectivity index (χ3n) is 3.99. The van der Waals surface area contributed by atoms with E-state index >= 15 is 0 Å². The maximum Gasteiger partial charge on any atom is 0.0472 e. The van der Waals surface area contributed by atoms with Crippen LogP contribution in [0.2, 0.25) is 0 Å². The van der Waals surface area contributed by atoms with Crippen molar-refractivity contribution in [2.75, 3.05) is 19.6 Å². The molecule has 1 unspecified atom stereocenters. The molecule has 0 bridgehead atoms. The molecule has 1 heterocycles. The van der Waals surface area contributed by atoms with Gasteiger partial charge >= 0.3 is 0 Å². The number of benzene rings is 1. The zero-order valence-electron chi connectivity index (χ0n) is 12.4. The van der Waals surface area contributed by atoms with Crippen LogP contribution in [-0.2, 0) is 0 Å². The predicted molar refractivity (Wildman–Crippen MR) is 82.4 cm³/mol. The van der Waals surface area contributed by atoms with Crippen LogP contribution in [0, 0.1) is 0 Å². The van der Waals surface area contributed by atoms with Crippen molar-refractivity contribution in [2.45, 2.75) is 51.6 Å². The zero-order chi connectivity index (χ0) is 13.5. The van der Waals surface area contributed by atoms with Gasteiger partial charge in [0.15, 0.2) is 0 Å². The van der Waals surface area contributed by atoms with Crippen molar-refractivity contribution in [3.8, 4) is 0 Å². The van der Waals surface area contributed by atoms with Crippen molar-refractivity contribution < 1.29 is 0 Å². The van der Waals surface area contributed by atoms with Crippen LogP contribution in [0.3, 0.4) is 0 Å². The summed E-state index contributed by atoms with van der Waals surface area (Å²) >= 11 is 0. The minimum atomic E-state index is 0.529. The smallest absolute Gasteiger partial charge is 0.0472 e. The number of hydrogen-bond acceptors (Lipinski definition) is 2. The SMILES string of the molecule is CC(C)NCC(c1ccccc1)N1CCCCCC1. The number of hydrogen-bond donors (Lipinski definition) is 1. The van der Waals surface area contributed by atoms with E-state index in [-0.39, 0.29) is 0 Å². The molecule has 1 aromatic carbocycles. The van der Waals surface area contributed by atoms with E-state index in [4.69, 9.17) is 0 Å². The van der Waals surface area contributed by atoms with E-state index in [0.29, 0.717) is 12.1 Å². The Labute approximate surface area is 118 Å². The quantitative estimate of drug-likeness (QED) is 0.870. The van der Waals surface area contributed by atoms with Crippen LogP contribution < -0.4 is 5.32 Å². The Kier molecular flexibility index (Phi) is 5.87. The first-order chi connectivity index (χ1) is 9.27. The van der Waals surface area contributed by atoms with Crippen LogP contribution in [-0.4, -0.2) is 30.6 Å².